The van der Waals surface area contributed by atoms with Crippen LogP contribution < -0.4 is 5.84 Å². The van der Waals surface area contributed by atoms with Crippen molar-refractivity contribution in [2.45, 2.75) is 6.18 Å². The van der Waals surface area contributed by atoms with Crippen molar-refractivity contribution >= 4 is 30.0 Å². The first kappa shape index (κ1) is 20.5. The highest BCUT2D eigenvalue weighted by Crippen LogP contribution is 2.31. The molecule has 1 aromatic carbocycles. The summed E-state index contributed by atoms with van der Waals surface area (Å²) in [4.78, 5) is 11.6. The molecule has 0 amide bonds. The van der Waals surface area contributed by atoms with E-state index in [9.17, 15) is 17.6 Å². The Bertz CT molecular complexity index is 891. The molecule has 1 aromatic heterocycles. The molecule has 0 saturated heterocycles. The zero-order valence-electron chi connectivity index (χ0n) is 13.9. The summed E-state index contributed by atoms with van der Waals surface area (Å²) in [5.74, 6) is 4.04. The zero-order chi connectivity index (χ0) is 20.2. The number of nitrogens with two attached hydrogens (primary N) is 1. The first-order valence-electron chi connectivity index (χ1n) is 7.22. The third kappa shape index (κ3) is 5.56. The lowest BCUT2D eigenvalue weighted by atomic mass is 10.0. The first-order valence-corrected chi connectivity index (χ1v) is 7.60. The Morgan fingerprint density at radius 1 is 1.26 bits per heavy atom. The van der Waals surface area contributed by atoms with Gasteiger partial charge in [-0.25, -0.2) is 25.3 Å². The van der Waals surface area contributed by atoms with Crippen molar-refractivity contribution in [3.8, 4) is 0 Å². The Morgan fingerprint density at radius 2 is 1.96 bits per heavy atom. The summed E-state index contributed by atoms with van der Waals surface area (Å²) in [7, 11) is 1.38. The van der Waals surface area contributed by atoms with E-state index in [1.807, 2.05) is 0 Å². The van der Waals surface area contributed by atoms with Gasteiger partial charge in [-0.05, 0) is 37.0 Å². The number of aliphatic imine (C=N–C) groups is 2. The standard InChI is InChI=1S/C16H13ClF4N6/c1-23-15(26-27(2)22)25-14(13-4-3-11(17)8-24-13)9-5-10(16(19,20)21)7-12(18)6-9/h3-8H,1,22H2,2H3/b25-14?,26-15+. The van der Waals surface area contributed by atoms with Crippen molar-refractivity contribution in [3.63, 3.8) is 0 Å². The highest BCUT2D eigenvalue weighted by atomic mass is 35.5. The summed E-state index contributed by atoms with van der Waals surface area (Å²) < 4.78 is 53.0. The molecule has 11 heteroatoms. The monoisotopic (exact) mass is 400 g/mol. The van der Waals surface area contributed by atoms with Gasteiger partial charge in [0.15, 0.2) is 0 Å². The number of halogens is 5. The van der Waals surface area contributed by atoms with Crippen LogP contribution in [0.1, 0.15) is 16.8 Å². The minimum Gasteiger partial charge on any atom is -0.253 e. The maximum atomic E-state index is 13.8. The lowest BCUT2D eigenvalue weighted by Crippen LogP contribution is -2.21. The maximum Gasteiger partial charge on any atom is 0.416 e. The molecule has 0 radical (unpaired) electrons. The Kier molecular flexibility index (Phi) is 6.24. The molecule has 2 N–H and O–H groups in total. The van der Waals surface area contributed by atoms with Gasteiger partial charge in [-0.2, -0.15) is 13.2 Å². The third-order valence-electron chi connectivity index (χ3n) is 3.07. The molecule has 27 heavy (non-hydrogen) atoms. The van der Waals surface area contributed by atoms with E-state index in [1.54, 1.807) is 0 Å². The van der Waals surface area contributed by atoms with Crippen LogP contribution in [0.5, 0.6) is 0 Å². The molecule has 2 aromatic rings. The number of rotatable bonds is 3. The summed E-state index contributed by atoms with van der Waals surface area (Å²) >= 11 is 5.79. The molecule has 0 saturated carbocycles. The number of alkyl halides is 3. The SMILES string of the molecule is C=N/C(N=C(c1cc(F)cc(C(F)(F)F)c1)c1ccc(Cl)cn1)=N\N(C)N. The molecule has 0 aliphatic carbocycles. The summed E-state index contributed by atoms with van der Waals surface area (Å²) in [5, 5.41) is 4.92. The summed E-state index contributed by atoms with van der Waals surface area (Å²) in [6, 6.07) is 4.87. The number of guanidine groups is 1. The highest BCUT2D eigenvalue weighted by Gasteiger charge is 2.32. The number of hydrazine groups is 1. The molecule has 1 heterocycles. The van der Waals surface area contributed by atoms with Gasteiger partial charge >= 0.3 is 6.18 Å². The van der Waals surface area contributed by atoms with Crippen LogP contribution in [-0.2, 0) is 6.18 Å². The van der Waals surface area contributed by atoms with Gasteiger partial charge < -0.3 is 0 Å². The predicted molar refractivity (Wildman–Crippen MR) is 95.2 cm³/mol. The summed E-state index contributed by atoms with van der Waals surface area (Å²) in [5.41, 5.74) is -1.37. The van der Waals surface area contributed by atoms with Crippen LogP contribution in [0.3, 0.4) is 0 Å². The van der Waals surface area contributed by atoms with E-state index in [2.05, 4.69) is 26.8 Å². The van der Waals surface area contributed by atoms with E-state index < -0.39 is 17.6 Å². The second kappa shape index (κ2) is 8.23. The molecular weight excluding hydrogens is 388 g/mol. The van der Waals surface area contributed by atoms with Crippen LogP contribution >= 0.6 is 11.6 Å². The Morgan fingerprint density at radius 3 is 2.48 bits per heavy atom. The molecule has 0 unspecified atom stereocenters. The van der Waals surface area contributed by atoms with Gasteiger partial charge in [-0.3, -0.25) is 4.98 Å². The van der Waals surface area contributed by atoms with Crippen LogP contribution in [0.15, 0.2) is 51.6 Å². The Hall–Kier alpha value is -2.85. The van der Waals surface area contributed by atoms with Gasteiger partial charge in [0.1, 0.15) is 11.5 Å². The van der Waals surface area contributed by atoms with Gasteiger partial charge in [0.25, 0.3) is 5.96 Å². The van der Waals surface area contributed by atoms with Gasteiger partial charge in [0, 0.05) is 18.8 Å². The maximum absolute atomic E-state index is 13.8. The molecule has 0 atom stereocenters. The normalized spacial score (nSPS) is 12.9. The number of aromatic nitrogens is 1. The minimum absolute atomic E-state index is 0.120. The second-order valence-electron chi connectivity index (χ2n) is 5.18. The van der Waals surface area contributed by atoms with E-state index in [-0.39, 0.29) is 22.9 Å². The lowest BCUT2D eigenvalue weighted by Gasteiger charge is -2.12. The van der Waals surface area contributed by atoms with Crippen molar-refractivity contribution < 1.29 is 17.6 Å². The fourth-order valence-corrected chi connectivity index (χ4v) is 2.12. The van der Waals surface area contributed by atoms with E-state index in [0.717, 1.165) is 17.3 Å². The van der Waals surface area contributed by atoms with E-state index in [4.69, 9.17) is 17.4 Å². The number of hydrazone groups is 1. The largest absolute Gasteiger partial charge is 0.416 e. The quantitative estimate of drug-likeness (QED) is 0.281. The third-order valence-corrected chi connectivity index (χ3v) is 3.29. The van der Waals surface area contributed by atoms with Crippen molar-refractivity contribution in [2.24, 2.45) is 20.9 Å². The number of nitrogens with zero attached hydrogens (tertiary/aromatic N) is 5. The average Bonchev–Trinajstić information content (AvgIpc) is 2.58. The molecule has 0 spiro atoms. The van der Waals surface area contributed by atoms with Gasteiger partial charge in [0.2, 0.25) is 0 Å². The molecule has 0 bridgehead atoms. The van der Waals surface area contributed by atoms with Crippen LogP contribution in [0, 0.1) is 5.82 Å². The van der Waals surface area contributed by atoms with Crippen molar-refractivity contribution in [2.75, 3.05) is 7.05 Å². The average molecular weight is 401 g/mol. The van der Waals surface area contributed by atoms with Gasteiger partial charge in [-0.15, -0.1) is 5.10 Å². The number of hydrogen-bond acceptors (Lipinski definition) is 4. The van der Waals surface area contributed by atoms with Crippen LogP contribution in [0.25, 0.3) is 0 Å². The molecule has 0 aliphatic heterocycles. The summed E-state index contributed by atoms with van der Waals surface area (Å²) in [6.07, 6.45) is -3.48. The Balaban J connectivity index is 2.72. The fourth-order valence-electron chi connectivity index (χ4n) is 2.01. The van der Waals surface area contributed by atoms with E-state index >= 15 is 0 Å². The predicted octanol–water partition coefficient (Wildman–Crippen LogP) is 3.51. The molecule has 0 aliphatic rings. The summed E-state index contributed by atoms with van der Waals surface area (Å²) in [6.45, 7) is 3.28. The number of hydrogen-bond donors (Lipinski definition) is 1. The van der Waals surface area contributed by atoms with Crippen LogP contribution in [-0.4, -0.2) is 35.5 Å². The number of benzene rings is 1. The highest BCUT2D eigenvalue weighted by molar-refractivity contribution is 6.30. The van der Waals surface area contributed by atoms with Crippen LogP contribution in [0.2, 0.25) is 5.02 Å². The molecule has 142 valence electrons. The van der Waals surface area contributed by atoms with E-state index in [0.29, 0.717) is 11.1 Å². The van der Waals surface area contributed by atoms with Crippen LogP contribution in [0.4, 0.5) is 17.6 Å². The Labute approximate surface area is 156 Å². The smallest absolute Gasteiger partial charge is 0.253 e. The zero-order valence-corrected chi connectivity index (χ0v) is 14.6. The van der Waals surface area contributed by atoms with Crippen molar-refractivity contribution in [1.82, 2.24) is 10.1 Å². The molecule has 0 fully saturated rings. The van der Waals surface area contributed by atoms with Gasteiger partial charge in [0.05, 0.1) is 16.3 Å². The van der Waals surface area contributed by atoms with Crippen molar-refractivity contribution in [1.29, 1.82) is 0 Å². The first-order chi connectivity index (χ1) is 12.6. The minimum atomic E-state index is -4.75. The topological polar surface area (TPSA) is 79.2 Å². The lowest BCUT2D eigenvalue weighted by molar-refractivity contribution is -0.137. The molecule has 6 nitrogen and oxygen atoms in total. The second-order valence-corrected chi connectivity index (χ2v) is 5.62. The molecular formula is C16H13ClF4N6. The fraction of sp³-hybridized carbons (Fsp3) is 0.125. The van der Waals surface area contributed by atoms with Gasteiger partial charge in [-0.1, -0.05) is 11.6 Å². The van der Waals surface area contributed by atoms with Crippen molar-refractivity contribution in [3.05, 3.63) is 64.2 Å². The molecule has 2 rings (SSSR count). The van der Waals surface area contributed by atoms with E-state index in [1.165, 1.54) is 25.4 Å². The number of pyridine rings is 1.